The molecular weight excluding hydrogens is 418 g/mol. The summed E-state index contributed by atoms with van der Waals surface area (Å²) >= 11 is 1.60. The Hall–Kier alpha value is -2.21. The summed E-state index contributed by atoms with van der Waals surface area (Å²) < 4.78 is 27.3. The van der Waals surface area contributed by atoms with Crippen LogP contribution >= 0.6 is 11.3 Å². The van der Waals surface area contributed by atoms with Gasteiger partial charge in [-0.05, 0) is 48.9 Å². The minimum absolute atomic E-state index is 0.00285. The summed E-state index contributed by atoms with van der Waals surface area (Å²) in [5.74, 6) is 0.706. The highest BCUT2D eigenvalue weighted by atomic mass is 32.2. The molecule has 0 radical (unpaired) electrons. The van der Waals surface area contributed by atoms with Gasteiger partial charge < -0.3 is 4.90 Å². The van der Waals surface area contributed by atoms with Gasteiger partial charge in [0.1, 0.15) is 6.07 Å². The number of amides is 1. The van der Waals surface area contributed by atoms with E-state index >= 15 is 0 Å². The average molecular weight is 444 g/mol. The Balaban J connectivity index is 1.44. The Morgan fingerprint density at radius 2 is 1.97 bits per heavy atom. The molecule has 30 heavy (non-hydrogen) atoms. The van der Waals surface area contributed by atoms with Crippen molar-refractivity contribution < 1.29 is 13.2 Å². The highest BCUT2D eigenvalue weighted by Crippen LogP contribution is 2.34. The van der Waals surface area contributed by atoms with Gasteiger partial charge in [0.05, 0.1) is 15.3 Å². The van der Waals surface area contributed by atoms with Crippen LogP contribution < -0.4 is 0 Å². The third-order valence-corrected chi connectivity index (χ3v) is 9.31. The Morgan fingerprint density at radius 3 is 2.67 bits per heavy atom. The molecule has 1 atom stereocenters. The van der Waals surface area contributed by atoms with Gasteiger partial charge in [-0.25, -0.2) is 8.42 Å². The van der Waals surface area contributed by atoms with Crippen LogP contribution in [0, 0.1) is 17.2 Å². The lowest BCUT2D eigenvalue weighted by Gasteiger charge is -2.33. The predicted molar refractivity (Wildman–Crippen MR) is 116 cm³/mol. The molecule has 1 aliphatic carbocycles. The van der Waals surface area contributed by atoms with Crippen molar-refractivity contribution in [1.82, 2.24) is 9.21 Å². The number of thiophene rings is 1. The predicted octanol–water partition coefficient (Wildman–Crippen LogP) is 3.28. The second kappa shape index (κ2) is 8.50. The lowest BCUT2D eigenvalue weighted by atomic mass is 9.87. The zero-order valence-electron chi connectivity index (χ0n) is 17.0. The van der Waals surface area contributed by atoms with E-state index in [1.54, 1.807) is 28.4 Å². The van der Waals surface area contributed by atoms with E-state index in [-0.39, 0.29) is 29.5 Å². The number of hydrogen-bond acceptors (Lipinski definition) is 5. The van der Waals surface area contributed by atoms with Crippen molar-refractivity contribution in [2.75, 3.05) is 26.2 Å². The van der Waals surface area contributed by atoms with Gasteiger partial charge >= 0.3 is 0 Å². The normalized spacial score (nSPS) is 19.9. The molecule has 6 nitrogen and oxygen atoms in total. The van der Waals surface area contributed by atoms with E-state index in [4.69, 9.17) is 0 Å². The van der Waals surface area contributed by atoms with Crippen LogP contribution in [0.3, 0.4) is 0 Å². The monoisotopic (exact) mass is 443 g/mol. The van der Waals surface area contributed by atoms with Crippen LogP contribution in [0.4, 0.5) is 0 Å². The first-order chi connectivity index (χ1) is 14.4. The summed E-state index contributed by atoms with van der Waals surface area (Å²) in [6, 6.07) is 10.2. The molecule has 0 spiro atoms. The number of nitriles is 1. The summed E-state index contributed by atoms with van der Waals surface area (Å²) in [5.41, 5.74) is 1.46. The van der Waals surface area contributed by atoms with Crippen LogP contribution in [0.1, 0.15) is 45.4 Å². The summed E-state index contributed by atoms with van der Waals surface area (Å²) in [5, 5.41) is 9.24. The Labute approximate surface area is 181 Å². The minimum Gasteiger partial charge on any atom is -0.335 e. The van der Waals surface area contributed by atoms with Crippen LogP contribution in [0.2, 0.25) is 0 Å². The number of rotatable bonds is 4. The molecule has 2 aliphatic rings. The van der Waals surface area contributed by atoms with Crippen molar-refractivity contribution in [3.8, 4) is 6.07 Å². The highest BCUT2D eigenvalue weighted by molar-refractivity contribution is 7.89. The maximum atomic E-state index is 13.0. The zero-order chi connectivity index (χ0) is 21.3. The standard InChI is InChI=1S/C22H25N3O3S2/c1-2-16-7-8-19-18(13-16)14-20(29-19)22(26)24-9-11-25(12-10-24)30(27,28)21-6-4-3-5-17(21)15-23/h3-6,14,16H,2,7-13H2,1H3/t16-/m1/s1. The topological polar surface area (TPSA) is 81.5 Å². The van der Waals surface area contributed by atoms with Gasteiger partial charge in [-0.1, -0.05) is 25.5 Å². The fourth-order valence-corrected chi connectivity index (χ4v) is 7.00. The number of hydrogen-bond donors (Lipinski definition) is 0. The molecule has 0 N–H and O–H groups in total. The molecule has 1 fully saturated rings. The summed E-state index contributed by atoms with van der Waals surface area (Å²) in [6.07, 6.45) is 4.47. The number of piperazine rings is 1. The highest BCUT2D eigenvalue weighted by Gasteiger charge is 2.32. The van der Waals surface area contributed by atoms with Crippen LogP contribution in [-0.2, 0) is 22.9 Å². The van der Waals surface area contributed by atoms with E-state index in [1.807, 2.05) is 6.07 Å². The average Bonchev–Trinajstić information content (AvgIpc) is 3.21. The lowest BCUT2D eigenvalue weighted by molar-refractivity contribution is 0.0702. The van der Waals surface area contributed by atoms with E-state index in [2.05, 4.69) is 13.0 Å². The van der Waals surface area contributed by atoms with Crippen LogP contribution in [0.25, 0.3) is 0 Å². The molecule has 0 bridgehead atoms. The SMILES string of the molecule is CC[C@@H]1CCc2sc(C(=O)N3CCN(S(=O)(=O)c4ccccc4C#N)CC3)cc2C1. The molecule has 1 aromatic heterocycles. The maximum Gasteiger partial charge on any atom is 0.264 e. The van der Waals surface area contributed by atoms with Crippen molar-refractivity contribution in [2.45, 2.75) is 37.5 Å². The van der Waals surface area contributed by atoms with Crippen molar-refractivity contribution in [3.05, 3.63) is 51.2 Å². The number of sulfonamides is 1. The van der Waals surface area contributed by atoms with E-state index in [9.17, 15) is 18.5 Å². The first kappa shape index (κ1) is 21.0. The summed E-state index contributed by atoms with van der Waals surface area (Å²) in [7, 11) is -3.75. The second-order valence-corrected chi connectivity index (χ2v) is 10.9. The Kier molecular flexibility index (Phi) is 5.96. The van der Waals surface area contributed by atoms with Crippen molar-refractivity contribution in [3.63, 3.8) is 0 Å². The number of carbonyl (C=O) groups excluding carboxylic acids is 1. The van der Waals surface area contributed by atoms with Gasteiger partial charge in [0.25, 0.3) is 5.91 Å². The van der Waals surface area contributed by atoms with Crippen LogP contribution in [0.5, 0.6) is 0 Å². The second-order valence-electron chi connectivity index (χ2n) is 7.88. The van der Waals surface area contributed by atoms with Gasteiger partial charge in [-0.2, -0.15) is 9.57 Å². The lowest BCUT2D eigenvalue weighted by Crippen LogP contribution is -2.50. The summed E-state index contributed by atoms with van der Waals surface area (Å²) in [4.78, 5) is 16.9. The van der Waals surface area contributed by atoms with Gasteiger partial charge in [0.2, 0.25) is 10.0 Å². The van der Waals surface area contributed by atoms with Crippen LogP contribution in [-0.4, -0.2) is 49.7 Å². The number of aryl methyl sites for hydroxylation is 1. The van der Waals surface area contributed by atoms with Gasteiger partial charge in [0.15, 0.2) is 0 Å². The molecule has 1 amide bonds. The largest absolute Gasteiger partial charge is 0.335 e. The molecule has 4 rings (SSSR count). The molecule has 0 saturated carbocycles. The summed E-state index contributed by atoms with van der Waals surface area (Å²) in [6.45, 7) is 3.39. The van der Waals surface area contributed by atoms with E-state index in [1.165, 1.54) is 39.7 Å². The fraction of sp³-hybridized carbons (Fsp3) is 0.455. The quantitative estimate of drug-likeness (QED) is 0.726. The van der Waals surface area contributed by atoms with Gasteiger partial charge in [-0.15, -0.1) is 11.3 Å². The zero-order valence-corrected chi connectivity index (χ0v) is 18.6. The number of benzene rings is 1. The molecule has 1 aliphatic heterocycles. The first-order valence-electron chi connectivity index (χ1n) is 10.3. The molecule has 1 saturated heterocycles. The third kappa shape index (κ3) is 3.89. The molecule has 0 unspecified atom stereocenters. The van der Waals surface area contributed by atoms with Crippen molar-refractivity contribution in [1.29, 1.82) is 5.26 Å². The molecule has 1 aromatic carbocycles. The molecule has 158 valence electrons. The minimum atomic E-state index is -3.75. The molecule has 2 heterocycles. The number of carbonyl (C=O) groups is 1. The maximum absolute atomic E-state index is 13.0. The van der Waals surface area contributed by atoms with Crippen molar-refractivity contribution >= 4 is 27.3 Å². The van der Waals surface area contributed by atoms with E-state index < -0.39 is 10.0 Å². The molecule has 2 aromatic rings. The Bertz CT molecular complexity index is 1090. The van der Waals surface area contributed by atoms with E-state index in [0.717, 1.165) is 17.7 Å². The van der Waals surface area contributed by atoms with Crippen molar-refractivity contribution in [2.24, 2.45) is 5.92 Å². The Morgan fingerprint density at radius 1 is 1.23 bits per heavy atom. The number of nitrogens with zero attached hydrogens (tertiary/aromatic N) is 3. The van der Waals surface area contributed by atoms with Crippen LogP contribution in [0.15, 0.2) is 35.2 Å². The fourth-order valence-electron chi connectivity index (χ4n) is 4.26. The van der Waals surface area contributed by atoms with Gasteiger partial charge in [-0.3, -0.25) is 4.79 Å². The smallest absolute Gasteiger partial charge is 0.264 e. The first-order valence-corrected chi connectivity index (χ1v) is 12.6. The van der Waals surface area contributed by atoms with E-state index in [0.29, 0.717) is 19.0 Å². The number of fused-ring (bicyclic) bond motifs is 1. The molecular formula is C22H25N3O3S2. The van der Waals surface area contributed by atoms with Gasteiger partial charge in [0, 0.05) is 31.1 Å². The molecule has 8 heteroatoms. The third-order valence-electron chi connectivity index (χ3n) is 6.12.